The quantitative estimate of drug-likeness (QED) is 0.177. The molecule has 0 saturated heterocycles. The van der Waals surface area contributed by atoms with Crippen LogP contribution in [-0.2, 0) is 0 Å². The van der Waals surface area contributed by atoms with Crippen molar-refractivity contribution < 1.29 is 25.8 Å². The van der Waals surface area contributed by atoms with Crippen LogP contribution in [0.4, 0.5) is 0 Å². The molecule has 8 aromatic carbocycles. The van der Waals surface area contributed by atoms with Gasteiger partial charge in [0.05, 0.1) is 12.2 Å². The zero-order valence-electron chi connectivity index (χ0n) is 30.3. The van der Waals surface area contributed by atoms with E-state index in [1.807, 2.05) is 0 Å². The minimum absolute atomic E-state index is 0.00597. The van der Waals surface area contributed by atoms with Crippen LogP contribution in [-0.4, -0.2) is 12.2 Å². The summed E-state index contributed by atoms with van der Waals surface area (Å²) in [5.74, 6) is 0.638. The Morgan fingerprint density at radius 2 is 0.625 bits per heavy atom. The molecule has 0 bridgehead atoms. The summed E-state index contributed by atoms with van der Waals surface area (Å²) in [5.41, 5.74) is 3.16. The van der Waals surface area contributed by atoms with E-state index in [1.54, 1.807) is 0 Å². The Labute approximate surface area is 323 Å². The summed E-state index contributed by atoms with van der Waals surface area (Å²) in [4.78, 5) is 0. The van der Waals surface area contributed by atoms with Gasteiger partial charge in [0.1, 0.15) is 22.3 Å². The van der Waals surface area contributed by atoms with E-state index in [2.05, 4.69) is 146 Å². The van der Waals surface area contributed by atoms with E-state index in [0.29, 0.717) is 11.8 Å². The number of fused-ring (bicyclic) bond motifs is 15. The summed E-state index contributed by atoms with van der Waals surface area (Å²) in [6.07, 6.45) is 3.81. The van der Waals surface area contributed by atoms with Crippen molar-refractivity contribution in [1.29, 1.82) is 0 Å². The first-order valence-corrected chi connectivity index (χ1v) is 21.7. The van der Waals surface area contributed by atoms with Gasteiger partial charge in [0.2, 0.25) is 0 Å². The molecule has 2 aliphatic carbocycles. The number of hydrogen-bond donors (Lipinski definition) is 0. The molecule has 56 heavy (non-hydrogen) atoms. The van der Waals surface area contributed by atoms with Crippen molar-refractivity contribution in [2.24, 2.45) is 11.8 Å². The van der Waals surface area contributed by atoms with E-state index in [4.69, 9.17) is 25.8 Å². The van der Waals surface area contributed by atoms with Gasteiger partial charge in [0.15, 0.2) is 0 Å². The van der Waals surface area contributed by atoms with Crippen LogP contribution < -0.4 is 9.05 Å². The molecule has 10 aromatic rings. The third-order valence-electron chi connectivity index (χ3n) is 12.3. The molecule has 12 rings (SSSR count). The summed E-state index contributed by atoms with van der Waals surface area (Å²) >= 11 is 0. The fourth-order valence-corrected chi connectivity index (χ4v) is 12.2. The van der Waals surface area contributed by atoms with Crippen molar-refractivity contribution in [3.8, 4) is 0 Å². The van der Waals surface area contributed by atoms with Gasteiger partial charge < -0.3 is 16.8 Å². The summed E-state index contributed by atoms with van der Waals surface area (Å²) in [6, 6.07) is 50.7. The first kappa shape index (κ1) is 32.7. The van der Waals surface area contributed by atoms with Crippen LogP contribution in [0.1, 0.15) is 25.7 Å². The van der Waals surface area contributed by atoms with Crippen molar-refractivity contribution in [3.05, 3.63) is 146 Å². The number of rotatable bonds is 4. The minimum Gasteiger partial charge on any atom is -0.399 e. The van der Waals surface area contributed by atoms with Gasteiger partial charge in [-0.15, -0.1) is 0 Å². The highest BCUT2D eigenvalue weighted by Crippen LogP contribution is 2.51. The van der Waals surface area contributed by atoms with Crippen LogP contribution in [0, 0.1) is 11.8 Å². The number of hydrogen-bond acceptors (Lipinski definition) is 6. The third-order valence-corrected chi connectivity index (χ3v) is 14.5. The van der Waals surface area contributed by atoms with Crippen molar-refractivity contribution >= 4 is 103 Å². The van der Waals surface area contributed by atoms with Gasteiger partial charge in [-0.25, -0.2) is 0 Å². The highest BCUT2D eigenvalue weighted by atomic mass is 31.1. The zero-order valence-corrected chi connectivity index (χ0v) is 32.1. The largest absolute Gasteiger partial charge is 0.399 e. The second-order valence-electron chi connectivity index (χ2n) is 15.2. The van der Waals surface area contributed by atoms with E-state index < -0.39 is 16.5 Å². The summed E-state index contributed by atoms with van der Waals surface area (Å²) < 4.78 is 40.8. The van der Waals surface area contributed by atoms with Gasteiger partial charge in [-0.1, -0.05) is 121 Å². The highest BCUT2D eigenvalue weighted by Gasteiger charge is 2.47. The maximum absolute atomic E-state index is 6.92. The van der Waals surface area contributed by atoms with Gasteiger partial charge in [-0.05, 0) is 105 Å². The molecule has 8 heteroatoms. The standard InChI is InChI=1S/C48H36O6P2/c1-5-13-33-29(9-1)17-23-41-45(33)46-34-14-6-2-10-30(34)18-24-42(46)52-55(51-41)49-39-27-21-38-37(39)22-28-40(38)50-56-53-43-25-19-31-11-3-7-15-35(31)47(43)48-36-16-8-4-12-32(36)20-26-44(48)54-56/h1-20,23-26,37-40H,21-22,27-28H2/t37-,38-,39+,40+/m0/s1. The summed E-state index contributed by atoms with van der Waals surface area (Å²) in [7, 11) is -3.45. The van der Waals surface area contributed by atoms with Crippen molar-refractivity contribution in [3.63, 3.8) is 0 Å². The average Bonchev–Trinajstić information content (AvgIpc) is 3.72. The molecule has 274 valence electrons. The SMILES string of the molecule is c1ccc2c(c1)ccc1op(O[C@@H]3CC[C@H]4[C@@H]3CC[C@H]4Op3oc4ccc5ccccc5c4c4c(ccc5ccccc54)o3)oc3ccc4ccccc4c3c12. The maximum atomic E-state index is 6.92. The van der Waals surface area contributed by atoms with Gasteiger partial charge >= 0.3 is 16.5 Å². The Hall–Kier alpha value is -5.48. The topological polar surface area (TPSA) is 71.0 Å². The summed E-state index contributed by atoms with van der Waals surface area (Å²) in [6.45, 7) is 0. The van der Waals surface area contributed by atoms with Gasteiger partial charge in [-0.3, -0.25) is 9.05 Å². The summed E-state index contributed by atoms with van der Waals surface area (Å²) in [5, 5.41) is 13.4. The second kappa shape index (κ2) is 13.0. The van der Waals surface area contributed by atoms with E-state index in [9.17, 15) is 0 Å². The lowest BCUT2D eigenvalue weighted by Crippen LogP contribution is -2.25. The molecule has 2 heterocycles. The third kappa shape index (κ3) is 5.25. The van der Waals surface area contributed by atoms with E-state index >= 15 is 0 Å². The smallest absolute Gasteiger partial charge is 0.387 e. The minimum atomic E-state index is -1.72. The van der Waals surface area contributed by atoms with Gasteiger partial charge in [0.25, 0.3) is 0 Å². The fraction of sp³-hybridized carbons (Fsp3) is 0.167. The molecular formula is C48H36O6P2. The first-order valence-electron chi connectivity index (χ1n) is 19.5. The van der Waals surface area contributed by atoms with Crippen LogP contribution in [0.5, 0.6) is 0 Å². The molecule has 4 atom stereocenters. The van der Waals surface area contributed by atoms with Crippen molar-refractivity contribution in [2.45, 2.75) is 37.9 Å². The first-order chi connectivity index (χ1) is 27.7. The van der Waals surface area contributed by atoms with Gasteiger partial charge in [-0.2, -0.15) is 0 Å². The predicted octanol–water partition coefficient (Wildman–Crippen LogP) is 14.6. The molecular weight excluding hydrogens is 734 g/mol. The predicted molar refractivity (Wildman–Crippen MR) is 229 cm³/mol. The van der Waals surface area contributed by atoms with E-state index in [0.717, 1.165) is 113 Å². The normalized spacial score (nSPS) is 19.6. The van der Waals surface area contributed by atoms with Crippen LogP contribution in [0.25, 0.3) is 87.0 Å². The molecule has 2 fully saturated rings. The molecule has 0 amide bonds. The molecule has 0 spiro atoms. The van der Waals surface area contributed by atoms with Crippen LogP contribution >= 0.6 is 16.5 Å². The Morgan fingerprint density at radius 3 is 0.929 bits per heavy atom. The van der Waals surface area contributed by atoms with Gasteiger partial charge in [0, 0.05) is 21.5 Å². The second-order valence-corrected chi connectivity index (χ2v) is 17.3. The Morgan fingerprint density at radius 1 is 0.339 bits per heavy atom. The number of benzene rings is 8. The molecule has 6 nitrogen and oxygen atoms in total. The molecule has 2 aliphatic rings. The van der Waals surface area contributed by atoms with E-state index in [-0.39, 0.29) is 12.2 Å². The molecule has 0 aliphatic heterocycles. The lowest BCUT2D eigenvalue weighted by Gasteiger charge is -2.19. The average molecular weight is 771 g/mol. The zero-order chi connectivity index (χ0) is 36.7. The fourth-order valence-electron chi connectivity index (χ4n) is 9.76. The van der Waals surface area contributed by atoms with Crippen LogP contribution in [0.15, 0.2) is 162 Å². The molecule has 2 saturated carbocycles. The van der Waals surface area contributed by atoms with Crippen molar-refractivity contribution in [2.75, 3.05) is 0 Å². The Balaban J connectivity index is 0.916. The maximum Gasteiger partial charge on any atom is 0.387 e. The highest BCUT2D eigenvalue weighted by molar-refractivity contribution is 7.32. The van der Waals surface area contributed by atoms with Crippen molar-refractivity contribution in [1.82, 2.24) is 0 Å². The van der Waals surface area contributed by atoms with E-state index in [1.165, 1.54) is 0 Å². The van der Waals surface area contributed by atoms with Crippen LogP contribution in [0.3, 0.4) is 0 Å². The molecule has 0 N–H and O–H groups in total. The monoisotopic (exact) mass is 770 g/mol. The Bertz CT molecular complexity index is 2860. The molecule has 0 radical (unpaired) electrons. The Kier molecular flexibility index (Phi) is 7.63. The lowest BCUT2D eigenvalue weighted by molar-refractivity contribution is 0.168. The molecule has 0 unspecified atom stereocenters. The lowest BCUT2D eigenvalue weighted by atomic mass is 9.98. The molecule has 2 aromatic heterocycles. The van der Waals surface area contributed by atoms with Crippen LogP contribution in [0.2, 0.25) is 0 Å².